The Morgan fingerprint density at radius 2 is 2.26 bits per heavy atom. The molecule has 19 heavy (non-hydrogen) atoms. The van der Waals surface area contributed by atoms with Gasteiger partial charge in [0.25, 0.3) is 5.91 Å². The first-order valence-corrected chi connectivity index (χ1v) is 6.28. The van der Waals surface area contributed by atoms with Crippen molar-refractivity contribution in [2.24, 2.45) is 0 Å². The van der Waals surface area contributed by atoms with Crippen LogP contribution in [0.2, 0.25) is 5.02 Å². The molecule has 4 N–H and O–H groups in total. The maximum atomic E-state index is 11.9. The third-order valence-corrected chi connectivity index (χ3v) is 2.97. The van der Waals surface area contributed by atoms with Crippen LogP contribution in [0.3, 0.4) is 0 Å². The Balaban J connectivity index is 2.60. The second-order valence-electron chi connectivity index (χ2n) is 4.65. The zero-order chi connectivity index (χ0) is 14.5. The van der Waals surface area contributed by atoms with Gasteiger partial charge < -0.3 is 20.9 Å². The first kappa shape index (κ1) is 15.8. The third kappa shape index (κ3) is 5.06. The lowest BCUT2D eigenvalue weighted by molar-refractivity contribution is 0.0244. The number of carbonyl (C=O) groups is 1. The van der Waals surface area contributed by atoms with E-state index < -0.39 is 5.60 Å². The molecule has 0 aromatic heterocycles. The zero-order valence-electron chi connectivity index (χ0n) is 11.1. The molecule has 0 radical (unpaired) electrons. The number of benzene rings is 1. The second-order valence-corrected chi connectivity index (χ2v) is 5.09. The minimum absolute atomic E-state index is 0.122. The summed E-state index contributed by atoms with van der Waals surface area (Å²) in [7, 11) is 1.56. The topological polar surface area (TPSA) is 84.6 Å². The van der Waals surface area contributed by atoms with Crippen LogP contribution in [0.4, 0.5) is 5.69 Å². The summed E-state index contributed by atoms with van der Waals surface area (Å²) in [5, 5.41) is 13.1. The first-order chi connectivity index (χ1) is 8.85. The van der Waals surface area contributed by atoms with Gasteiger partial charge in [-0.25, -0.2) is 0 Å². The summed E-state index contributed by atoms with van der Waals surface area (Å²) >= 11 is 5.76. The molecule has 1 aromatic carbocycles. The SMILES string of the molecule is COCCC(C)(O)CNC(=O)c1ccc(Cl)cc1N. The van der Waals surface area contributed by atoms with Crippen LogP contribution in [0.1, 0.15) is 23.7 Å². The lowest BCUT2D eigenvalue weighted by Gasteiger charge is -2.23. The summed E-state index contributed by atoms with van der Waals surface area (Å²) in [5.74, 6) is -0.341. The number of hydrogen-bond acceptors (Lipinski definition) is 4. The number of rotatable bonds is 6. The average Bonchev–Trinajstić information content (AvgIpc) is 2.34. The quantitative estimate of drug-likeness (QED) is 0.691. The van der Waals surface area contributed by atoms with E-state index in [4.69, 9.17) is 22.1 Å². The molecule has 1 amide bonds. The zero-order valence-corrected chi connectivity index (χ0v) is 11.8. The number of carbonyl (C=O) groups excluding carboxylic acids is 1. The molecule has 1 rings (SSSR count). The fourth-order valence-corrected chi connectivity index (χ4v) is 1.70. The fraction of sp³-hybridized carbons (Fsp3) is 0.462. The molecular weight excluding hydrogens is 268 g/mol. The van der Waals surface area contributed by atoms with Gasteiger partial charge in [-0.05, 0) is 25.1 Å². The molecule has 0 fully saturated rings. The van der Waals surface area contributed by atoms with Crippen molar-refractivity contribution in [3.05, 3.63) is 28.8 Å². The van der Waals surface area contributed by atoms with Gasteiger partial charge in [0.1, 0.15) is 0 Å². The highest BCUT2D eigenvalue weighted by Gasteiger charge is 2.21. The molecule has 1 aromatic rings. The van der Waals surface area contributed by atoms with Crippen molar-refractivity contribution in [2.45, 2.75) is 18.9 Å². The number of hydrogen-bond donors (Lipinski definition) is 3. The highest BCUT2D eigenvalue weighted by Crippen LogP contribution is 2.18. The molecule has 0 saturated heterocycles. The lowest BCUT2D eigenvalue weighted by atomic mass is 10.0. The minimum Gasteiger partial charge on any atom is -0.398 e. The Morgan fingerprint density at radius 3 is 2.84 bits per heavy atom. The maximum Gasteiger partial charge on any atom is 0.253 e. The number of methoxy groups -OCH3 is 1. The van der Waals surface area contributed by atoms with Crippen LogP contribution in [-0.4, -0.2) is 36.9 Å². The molecule has 0 saturated carbocycles. The van der Waals surface area contributed by atoms with Crippen LogP contribution in [0.5, 0.6) is 0 Å². The number of nitrogen functional groups attached to an aromatic ring is 1. The predicted octanol–water partition coefficient (Wildman–Crippen LogP) is 1.44. The fourth-order valence-electron chi connectivity index (χ4n) is 1.52. The van der Waals surface area contributed by atoms with E-state index in [1.54, 1.807) is 26.2 Å². The van der Waals surface area contributed by atoms with E-state index >= 15 is 0 Å². The monoisotopic (exact) mass is 286 g/mol. The largest absolute Gasteiger partial charge is 0.398 e. The van der Waals surface area contributed by atoms with Gasteiger partial charge in [-0.15, -0.1) is 0 Å². The van der Waals surface area contributed by atoms with Crippen molar-refractivity contribution in [2.75, 3.05) is 26.0 Å². The molecule has 0 spiro atoms. The van der Waals surface area contributed by atoms with Gasteiger partial charge >= 0.3 is 0 Å². The van der Waals surface area contributed by atoms with Gasteiger partial charge in [-0.1, -0.05) is 11.6 Å². The number of amides is 1. The van der Waals surface area contributed by atoms with Gasteiger partial charge in [0.05, 0.1) is 11.2 Å². The number of ether oxygens (including phenoxy) is 1. The minimum atomic E-state index is -1.02. The van der Waals surface area contributed by atoms with E-state index in [1.165, 1.54) is 6.07 Å². The van der Waals surface area contributed by atoms with E-state index in [2.05, 4.69) is 5.32 Å². The molecule has 0 aliphatic carbocycles. The number of nitrogens with two attached hydrogens (primary N) is 1. The molecule has 106 valence electrons. The molecule has 6 heteroatoms. The maximum absolute atomic E-state index is 11.9. The van der Waals surface area contributed by atoms with Gasteiger partial charge in [0.15, 0.2) is 0 Å². The summed E-state index contributed by atoms with van der Waals surface area (Å²) in [4.78, 5) is 11.9. The smallest absolute Gasteiger partial charge is 0.253 e. The second kappa shape index (κ2) is 6.75. The molecule has 0 aliphatic rings. The van der Waals surface area contributed by atoms with Crippen LogP contribution < -0.4 is 11.1 Å². The summed E-state index contributed by atoms with van der Waals surface area (Å²) in [6.07, 6.45) is 0.430. The van der Waals surface area contributed by atoms with Gasteiger partial charge in [0, 0.05) is 37.4 Å². The highest BCUT2D eigenvalue weighted by atomic mass is 35.5. The summed E-state index contributed by atoms with van der Waals surface area (Å²) in [6.45, 7) is 2.18. The number of halogens is 1. The van der Waals surface area contributed by atoms with Crippen molar-refractivity contribution in [3.8, 4) is 0 Å². The number of aliphatic hydroxyl groups is 1. The number of anilines is 1. The Bertz CT molecular complexity index is 450. The number of nitrogens with one attached hydrogen (secondary N) is 1. The van der Waals surface area contributed by atoms with E-state index in [9.17, 15) is 9.90 Å². The van der Waals surface area contributed by atoms with Crippen LogP contribution in [-0.2, 0) is 4.74 Å². The Morgan fingerprint density at radius 1 is 1.58 bits per heavy atom. The Kier molecular flexibility index (Phi) is 5.60. The standard InChI is InChI=1S/C13H19ClN2O3/c1-13(18,5-6-19-2)8-16-12(17)10-4-3-9(14)7-11(10)15/h3-4,7,18H,5-6,8,15H2,1-2H3,(H,16,17). The predicted molar refractivity (Wildman–Crippen MR) is 75.3 cm³/mol. The normalized spacial score (nSPS) is 13.9. The van der Waals surface area contributed by atoms with Gasteiger partial charge in [-0.3, -0.25) is 4.79 Å². The van der Waals surface area contributed by atoms with Gasteiger partial charge in [-0.2, -0.15) is 0 Å². The van der Waals surface area contributed by atoms with Crippen LogP contribution >= 0.6 is 11.6 Å². The van der Waals surface area contributed by atoms with Crippen molar-refractivity contribution >= 4 is 23.2 Å². The van der Waals surface area contributed by atoms with Crippen molar-refractivity contribution in [1.82, 2.24) is 5.32 Å². The van der Waals surface area contributed by atoms with Crippen LogP contribution in [0.25, 0.3) is 0 Å². The molecule has 0 aliphatic heterocycles. The van der Waals surface area contributed by atoms with Gasteiger partial charge in [0.2, 0.25) is 0 Å². The van der Waals surface area contributed by atoms with E-state index in [0.717, 1.165) is 0 Å². The van der Waals surface area contributed by atoms with E-state index in [0.29, 0.717) is 29.3 Å². The van der Waals surface area contributed by atoms with E-state index in [1.807, 2.05) is 0 Å². The Hall–Kier alpha value is -1.30. The van der Waals surface area contributed by atoms with Crippen LogP contribution in [0.15, 0.2) is 18.2 Å². The highest BCUT2D eigenvalue weighted by molar-refractivity contribution is 6.31. The molecule has 5 nitrogen and oxygen atoms in total. The summed E-state index contributed by atoms with van der Waals surface area (Å²) < 4.78 is 4.89. The average molecular weight is 287 g/mol. The van der Waals surface area contributed by atoms with Crippen molar-refractivity contribution in [3.63, 3.8) is 0 Å². The Labute approximate surface area is 117 Å². The molecule has 1 atom stereocenters. The van der Waals surface area contributed by atoms with Crippen LogP contribution in [0, 0.1) is 0 Å². The summed E-state index contributed by atoms with van der Waals surface area (Å²) in [6, 6.07) is 4.66. The van der Waals surface area contributed by atoms with Crippen molar-refractivity contribution in [1.29, 1.82) is 0 Å². The molecular formula is C13H19ClN2O3. The summed E-state index contributed by atoms with van der Waals surface area (Å²) in [5.41, 5.74) is 5.34. The van der Waals surface area contributed by atoms with E-state index in [-0.39, 0.29) is 12.5 Å². The molecule has 1 unspecified atom stereocenters. The lowest BCUT2D eigenvalue weighted by Crippen LogP contribution is -2.41. The first-order valence-electron chi connectivity index (χ1n) is 5.90. The van der Waals surface area contributed by atoms with Crippen molar-refractivity contribution < 1.29 is 14.6 Å². The molecule has 0 bridgehead atoms. The molecule has 0 heterocycles. The third-order valence-electron chi connectivity index (χ3n) is 2.73.